The second-order valence-corrected chi connectivity index (χ2v) is 10.6. The highest BCUT2D eigenvalue weighted by Crippen LogP contribution is 2.31. The first-order chi connectivity index (χ1) is 16.4. The highest BCUT2D eigenvalue weighted by atomic mass is 32.2. The van der Waals surface area contributed by atoms with Crippen molar-refractivity contribution in [3.63, 3.8) is 0 Å². The van der Waals surface area contributed by atoms with Gasteiger partial charge in [0.15, 0.2) is 16.6 Å². The number of nitrogens with one attached hydrogen (secondary N) is 1. The summed E-state index contributed by atoms with van der Waals surface area (Å²) < 4.78 is 38.7. The average Bonchev–Trinajstić information content (AvgIpc) is 3.51. The number of fused-ring (bicyclic) bond motifs is 1. The van der Waals surface area contributed by atoms with Gasteiger partial charge in [-0.15, -0.1) is 0 Å². The molecule has 4 rings (SSSR count). The average molecular weight is 500 g/mol. The van der Waals surface area contributed by atoms with Crippen molar-refractivity contribution in [3.05, 3.63) is 60.7 Å². The first-order valence-corrected chi connectivity index (χ1v) is 13.0. The molecule has 0 radical (unpaired) electrons. The molecule has 1 saturated heterocycles. The van der Waals surface area contributed by atoms with Crippen LogP contribution < -0.4 is 14.8 Å². The number of carbonyl (C=O) groups excluding carboxylic acids is 1. The topological polar surface area (TPSA) is 97.8 Å². The maximum absolute atomic E-state index is 12.8. The van der Waals surface area contributed by atoms with Crippen LogP contribution in [0, 0.1) is 0 Å². The van der Waals surface area contributed by atoms with Gasteiger partial charge in [-0.1, -0.05) is 30.1 Å². The lowest BCUT2D eigenvalue weighted by molar-refractivity contribution is -0.111. The lowest BCUT2D eigenvalue weighted by atomic mass is 10.2. The number of thiazole rings is 1. The minimum atomic E-state index is -3.51. The molecular formula is C24H25N3O5S2. The summed E-state index contributed by atoms with van der Waals surface area (Å²) in [4.78, 5) is 17.1. The molecule has 1 amide bonds. The standard InChI is InChI=1S/C24H25N3O5S2/c1-3-14-32-20-10-6-17(15-21(20)31-2)7-11-23(28)26-24-25-19-9-8-18(16-22(19)33-24)34(29,30)27-12-4-5-13-27/h3,6-11,15-16H,1,4-5,12-14H2,2H3,(H,25,26,28)/b11-7+. The Morgan fingerprint density at radius 3 is 2.74 bits per heavy atom. The highest BCUT2D eigenvalue weighted by Gasteiger charge is 2.27. The SMILES string of the molecule is C=CCOc1ccc(/C=C/C(=O)Nc2nc3ccc(S(=O)(=O)N4CCCC4)cc3s2)cc1OC. The van der Waals surface area contributed by atoms with Crippen LogP contribution in [0.4, 0.5) is 5.13 Å². The van der Waals surface area contributed by atoms with Gasteiger partial charge in [-0.05, 0) is 54.8 Å². The zero-order valence-corrected chi connectivity index (χ0v) is 20.3. The third kappa shape index (κ3) is 5.30. The zero-order valence-electron chi connectivity index (χ0n) is 18.7. The van der Waals surface area contributed by atoms with E-state index in [1.165, 1.54) is 21.7 Å². The van der Waals surface area contributed by atoms with Crippen molar-refractivity contribution in [2.24, 2.45) is 0 Å². The predicted molar refractivity (Wildman–Crippen MR) is 134 cm³/mol. The van der Waals surface area contributed by atoms with Gasteiger partial charge in [0.2, 0.25) is 15.9 Å². The van der Waals surface area contributed by atoms with Crippen molar-refractivity contribution in [2.45, 2.75) is 17.7 Å². The van der Waals surface area contributed by atoms with Crippen LogP contribution in [0.3, 0.4) is 0 Å². The van der Waals surface area contributed by atoms with Crippen LogP contribution in [0.15, 0.2) is 60.0 Å². The van der Waals surface area contributed by atoms with Gasteiger partial charge in [-0.3, -0.25) is 10.1 Å². The fraction of sp³-hybridized carbons (Fsp3) is 0.250. The van der Waals surface area contributed by atoms with E-state index in [-0.39, 0.29) is 10.8 Å². The van der Waals surface area contributed by atoms with Gasteiger partial charge in [0.05, 0.1) is 22.2 Å². The molecule has 34 heavy (non-hydrogen) atoms. The van der Waals surface area contributed by atoms with Crippen molar-refractivity contribution >= 4 is 48.7 Å². The lowest BCUT2D eigenvalue weighted by Gasteiger charge is -2.15. The highest BCUT2D eigenvalue weighted by molar-refractivity contribution is 7.89. The monoisotopic (exact) mass is 499 g/mol. The number of rotatable bonds is 9. The van der Waals surface area contributed by atoms with E-state index in [4.69, 9.17) is 9.47 Å². The molecule has 1 N–H and O–H groups in total. The number of hydrogen-bond acceptors (Lipinski definition) is 7. The first-order valence-electron chi connectivity index (χ1n) is 10.7. The molecule has 10 heteroatoms. The van der Waals surface area contributed by atoms with Crippen molar-refractivity contribution in [1.29, 1.82) is 0 Å². The van der Waals surface area contributed by atoms with Crippen molar-refractivity contribution in [3.8, 4) is 11.5 Å². The molecule has 0 atom stereocenters. The molecule has 0 unspecified atom stereocenters. The first kappa shape index (κ1) is 23.9. The van der Waals surface area contributed by atoms with Gasteiger partial charge in [-0.2, -0.15) is 4.31 Å². The third-order valence-corrected chi connectivity index (χ3v) is 8.09. The molecule has 8 nitrogen and oxygen atoms in total. The second-order valence-electron chi connectivity index (χ2n) is 7.59. The summed E-state index contributed by atoms with van der Waals surface area (Å²) in [7, 11) is -1.96. The number of ether oxygens (including phenoxy) is 2. The normalized spacial score (nSPS) is 14.5. The van der Waals surface area contributed by atoms with Gasteiger partial charge in [0.1, 0.15) is 6.61 Å². The molecule has 178 valence electrons. The van der Waals surface area contributed by atoms with Gasteiger partial charge >= 0.3 is 0 Å². The summed E-state index contributed by atoms with van der Waals surface area (Å²) in [6.45, 7) is 5.08. The van der Waals surface area contributed by atoms with E-state index in [1.54, 1.807) is 49.6 Å². The van der Waals surface area contributed by atoms with Crippen LogP contribution >= 0.6 is 11.3 Å². The number of methoxy groups -OCH3 is 1. The maximum atomic E-state index is 12.8. The fourth-order valence-electron chi connectivity index (χ4n) is 3.57. The molecule has 1 aliphatic rings. The second kappa shape index (κ2) is 10.4. The Labute approximate surface area is 202 Å². The summed E-state index contributed by atoms with van der Waals surface area (Å²) in [5.74, 6) is 0.787. The fourth-order valence-corrected chi connectivity index (χ4v) is 6.10. The number of aromatic nitrogens is 1. The van der Waals surface area contributed by atoms with E-state index in [0.717, 1.165) is 18.4 Å². The predicted octanol–water partition coefficient (Wildman–Crippen LogP) is 4.31. The Kier molecular flexibility index (Phi) is 7.30. The zero-order chi connectivity index (χ0) is 24.1. The van der Waals surface area contributed by atoms with Crippen LogP contribution in [0.2, 0.25) is 0 Å². The summed E-state index contributed by atoms with van der Waals surface area (Å²) in [5.41, 5.74) is 1.39. The van der Waals surface area contributed by atoms with Crippen LogP contribution in [0.25, 0.3) is 16.3 Å². The van der Waals surface area contributed by atoms with E-state index < -0.39 is 10.0 Å². The lowest BCUT2D eigenvalue weighted by Crippen LogP contribution is -2.27. The minimum absolute atomic E-state index is 0.248. The molecule has 3 aromatic rings. The van der Waals surface area contributed by atoms with Crippen LogP contribution in [0.5, 0.6) is 11.5 Å². The summed E-state index contributed by atoms with van der Waals surface area (Å²) >= 11 is 1.23. The van der Waals surface area contributed by atoms with Crippen LogP contribution in [-0.4, -0.2) is 50.4 Å². The summed E-state index contributed by atoms with van der Waals surface area (Å²) in [5, 5.41) is 3.13. The molecular weight excluding hydrogens is 474 g/mol. The maximum Gasteiger partial charge on any atom is 0.250 e. The number of sulfonamides is 1. The molecule has 1 aromatic heterocycles. The Bertz CT molecular complexity index is 1340. The number of nitrogens with zero attached hydrogens (tertiary/aromatic N) is 2. The Morgan fingerprint density at radius 2 is 2.00 bits per heavy atom. The number of benzene rings is 2. The van der Waals surface area contributed by atoms with Crippen molar-refractivity contribution < 1.29 is 22.7 Å². The third-order valence-electron chi connectivity index (χ3n) is 5.26. The largest absolute Gasteiger partial charge is 0.493 e. The Morgan fingerprint density at radius 1 is 1.21 bits per heavy atom. The van der Waals surface area contributed by atoms with Crippen LogP contribution in [-0.2, 0) is 14.8 Å². The summed E-state index contributed by atoms with van der Waals surface area (Å²) in [6.07, 6.45) is 6.46. The number of hydrogen-bond donors (Lipinski definition) is 1. The molecule has 0 spiro atoms. The molecule has 0 aliphatic carbocycles. The van der Waals surface area contributed by atoms with E-state index in [9.17, 15) is 13.2 Å². The Balaban J connectivity index is 1.45. The van der Waals surface area contributed by atoms with E-state index in [0.29, 0.717) is 46.5 Å². The van der Waals surface area contributed by atoms with Gasteiger partial charge in [0, 0.05) is 19.2 Å². The quantitative estimate of drug-likeness (QED) is 0.348. The van der Waals surface area contributed by atoms with E-state index in [1.807, 2.05) is 6.07 Å². The molecule has 1 fully saturated rings. The molecule has 2 heterocycles. The van der Waals surface area contributed by atoms with Gasteiger partial charge in [-0.25, -0.2) is 13.4 Å². The van der Waals surface area contributed by atoms with Crippen molar-refractivity contribution in [1.82, 2.24) is 9.29 Å². The molecule has 0 bridgehead atoms. The van der Waals surface area contributed by atoms with Gasteiger partial charge < -0.3 is 9.47 Å². The molecule has 0 saturated carbocycles. The van der Waals surface area contributed by atoms with E-state index >= 15 is 0 Å². The number of amides is 1. The number of anilines is 1. The summed E-state index contributed by atoms with van der Waals surface area (Å²) in [6, 6.07) is 10.2. The van der Waals surface area contributed by atoms with Crippen LogP contribution in [0.1, 0.15) is 18.4 Å². The van der Waals surface area contributed by atoms with E-state index in [2.05, 4.69) is 16.9 Å². The van der Waals surface area contributed by atoms with Gasteiger partial charge in [0.25, 0.3) is 0 Å². The molecule has 1 aliphatic heterocycles. The smallest absolute Gasteiger partial charge is 0.250 e. The Hall–Kier alpha value is -3.21. The van der Waals surface area contributed by atoms with Crippen molar-refractivity contribution in [2.75, 3.05) is 32.1 Å². The minimum Gasteiger partial charge on any atom is -0.493 e. The molecule has 2 aromatic carbocycles. The number of carbonyl (C=O) groups is 1.